The van der Waals surface area contributed by atoms with Crippen molar-refractivity contribution in [3.63, 3.8) is 0 Å². The van der Waals surface area contributed by atoms with Gasteiger partial charge in [0.25, 0.3) is 0 Å². The number of benzene rings is 1. The van der Waals surface area contributed by atoms with Crippen LogP contribution in [0.25, 0.3) is 0 Å². The Morgan fingerprint density at radius 1 is 1.21 bits per heavy atom. The monoisotopic (exact) mass is 212 g/mol. The maximum Gasteiger partial charge on any atom is 0.123 e. The fourth-order valence-electron chi connectivity index (χ4n) is 1.47. The third kappa shape index (κ3) is 2.72. The van der Waals surface area contributed by atoms with Gasteiger partial charge in [-0.15, -0.1) is 0 Å². The molecule has 1 heterocycles. The fraction of sp³-hybridized carbons (Fsp3) is 0.455. The van der Waals surface area contributed by atoms with E-state index >= 15 is 0 Å². The summed E-state index contributed by atoms with van der Waals surface area (Å²) in [5, 5.41) is 0. The van der Waals surface area contributed by atoms with E-state index in [0.717, 1.165) is 17.9 Å². The molecule has 1 aromatic carbocycles. The molecule has 1 fully saturated rings. The summed E-state index contributed by atoms with van der Waals surface area (Å²) in [6, 6.07) is 6.59. The van der Waals surface area contributed by atoms with Crippen molar-refractivity contribution in [3.8, 4) is 0 Å². The van der Waals surface area contributed by atoms with Crippen LogP contribution in [0.3, 0.4) is 0 Å². The molecule has 1 aliphatic rings. The molecule has 1 nitrogen and oxygen atoms in total. The molecule has 1 saturated heterocycles. The predicted octanol–water partition coefficient (Wildman–Crippen LogP) is 3.44. The first-order valence-corrected chi connectivity index (χ1v) is 5.76. The van der Waals surface area contributed by atoms with Gasteiger partial charge in [0.1, 0.15) is 11.3 Å². The molecule has 0 aromatic heterocycles. The van der Waals surface area contributed by atoms with E-state index < -0.39 is 0 Å². The van der Waals surface area contributed by atoms with Gasteiger partial charge in [0.05, 0.1) is 0 Å². The lowest BCUT2D eigenvalue weighted by Crippen LogP contribution is -2.14. The summed E-state index contributed by atoms with van der Waals surface area (Å²) in [5.41, 5.74) is 0.259. The molecule has 76 valence electrons. The van der Waals surface area contributed by atoms with Crippen LogP contribution in [0, 0.1) is 5.82 Å². The van der Waals surface area contributed by atoms with Gasteiger partial charge in [-0.05, 0) is 43.5 Å². The number of hydrogen-bond acceptors (Lipinski definition) is 2. The Hall–Kier alpha value is -0.540. The van der Waals surface area contributed by atoms with Crippen molar-refractivity contribution in [3.05, 3.63) is 30.1 Å². The first kappa shape index (κ1) is 9.99. The quantitative estimate of drug-likeness (QED) is 0.742. The molecule has 1 aliphatic heterocycles. The normalized spacial score (nSPS) is 22.2. The molecule has 1 aromatic rings. The third-order valence-electron chi connectivity index (χ3n) is 2.22. The fourth-order valence-corrected chi connectivity index (χ4v) is 2.51. The summed E-state index contributed by atoms with van der Waals surface area (Å²) >= 11 is 1.68. The number of rotatable bonds is 2. The second kappa shape index (κ2) is 4.80. The minimum absolute atomic E-state index is 0.182. The Labute approximate surface area is 87.7 Å². The summed E-state index contributed by atoms with van der Waals surface area (Å²) in [7, 11) is 0. The lowest BCUT2D eigenvalue weighted by Gasteiger charge is -2.21. The summed E-state index contributed by atoms with van der Waals surface area (Å²) < 4.78 is 18.2. The van der Waals surface area contributed by atoms with Crippen LogP contribution in [-0.2, 0) is 4.74 Å². The molecule has 0 amide bonds. The van der Waals surface area contributed by atoms with Crippen LogP contribution in [-0.4, -0.2) is 12.0 Å². The molecule has 0 aliphatic carbocycles. The number of ether oxygens (including phenoxy) is 1. The Morgan fingerprint density at radius 2 is 2.00 bits per heavy atom. The van der Waals surface area contributed by atoms with E-state index in [2.05, 4.69) is 0 Å². The molecular weight excluding hydrogens is 199 g/mol. The molecule has 0 radical (unpaired) electrons. The highest BCUT2D eigenvalue weighted by molar-refractivity contribution is 7.99. The first-order chi connectivity index (χ1) is 6.84. The standard InChI is InChI=1S/C11H13FOS/c12-9-4-6-10(7-5-9)14-11-3-1-2-8-13-11/h4-7,11H,1-3,8H2. The largest absolute Gasteiger partial charge is 0.367 e. The minimum Gasteiger partial charge on any atom is -0.367 e. The Morgan fingerprint density at radius 3 is 2.64 bits per heavy atom. The number of thioether (sulfide) groups is 1. The van der Waals surface area contributed by atoms with Crippen LogP contribution in [0.2, 0.25) is 0 Å². The summed E-state index contributed by atoms with van der Waals surface area (Å²) in [4.78, 5) is 1.08. The van der Waals surface area contributed by atoms with Gasteiger partial charge in [-0.1, -0.05) is 11.8 Å². The zero-order valence-electron chi connectivity index (χ0n) is 7.91. The van der Waals surface area contributed by atoms with Gasteiger partial charge in [0.2, 0.25) is 0 Å². The van der Waals surface area contributed by atoms with Gasteiger partial charge >= 0.3 is 0 Å². The van der Waals surface area contributed by atoms with E-state index in [9.17, 15) is 4.39 Å². The molecule has 1 atom stereocenters. The maximum atomic E-state index is 12.6. The molecule has 14 heavy (non-hydrogen) atoms. The molecule has 3 heteroatoms. The van der Waals surface area contributed by atoms with E-state index in [0.29, 0.717) is 0 Å². The van der Waals surface area contributed by atoms with Crippen molar-refractivity contribution in [2.75, 3.05) is 6.61 Å². The topological polar surface area (TPSA) is 9.23 Å². The SMILES string of the molecule is Fc1ccc(SC2CCCCO2)cc1. The second-order valence-electron chi connectivity index (χ2n) is 3.37. The third-order valence-corrected chi connectivity index (χ3v) is 3.40. The predicted molar refractivity (Wildman–Crippen MR) is 55.8 cm³/mol. The Bertz CT molecular complexity index is 280. The number of hydrogen-bond donors (Lipinski definition) is 0. The summed E-state index contributed by atoms with van der Waals surface area (Å²) in [6.45, 7) is 0.860. The molecule has 0 saturated carbocycles. The highest BCUT2D eigenvalue weighted by atomic mass is 32.2. The summed E-state index contributed by atoms with van der Waals surface area (Å²) in [5.74, 6) is -0.182. The van der Waals surface area contributed by atoms with Crippen LogP contribution in [0.1, 0.15) is 19.3 Å². The second-order valence-corrected chi connectivity index (χ2v) is 4.60. The first-order valence-electron chi connectivity index (χ1n) is 4.88. The Kier molecular flexibility index (Phi) is 3.43. The zero-order valence-corrected chi connectivity index (χ0v) is 8.73. The Balaban J connectivity index is 1.92. The lowest BCUT2D eigenvalue weighted by molar-refractivity contribution is 0.0728. The van der Waals surface area contributed by atoms with E-state index in [1.165, 1.54) is 25.0 Å². The van der Waals surface area contributed by atoms with E-state index in [1.54, 1.807) is 23.9 Å². The van der Waals surface area contributed by atoms with E-state index in [-0.39, 0.29) is 11.3 Å². The van der Waals surface area contributed by atoms with Crippen molar-refractivity contribution >= 4 is 11.8 Å². The smallest absolute Gasteiger partial charge is 0.123 e. The van der Waals surface area contributed by atoms with Crippen LogP contribution in [0.5, 0.6) is 0 Å². The van der Waals surface area contributed by atoms with Gasteiger partial charge < -0.3 is 4.74 Å². The van der Waals surface area contributed by atoms with Crippen molar-refractivity contribution in [2.24, 2.45) is 0 Å². The van der Waals surface area contributed by atoms with Crippen LogP contribution in [0.4, 0.5) is 4.39 Å². The molecule has 0 N–H and O–H groups in total. The summed E-state index contributed by atoms with van der Waals surface area (Å²) in [6.07, 6.45) is 3.50. The van der Waals surface area contributed by atoms with E-state index in [1.807, 2.05) is 0 Å². The highest BCUT2D eigenvalue weighted by Crippen LogP contribution is 2.29. The number of halogens is 1. The van der Waals surface area contributed by atoms with E-state index in [4.69, 9.17) is 4.74 Å². The van der Waals surface area contributed by atoms with Gasteiger partial charge in [0.15, 0.2) is 0 Å². The molecule has 0 spiro atoms. The van der Waals surface area contributed by atoms with Crippen LogP contribution in [0.15, 0.2) is 29.2 Å². The van der Waals surface area contributed by atoms with Crippen molar-refractivity contribution in [2.45, 2.75) is 29.6 Å². The average molecular weight is 212 g/mol. The van der Waals surface area contributed by atoms with Crippen molar-refractivity contribution in [1.82, 2.24) is 0 Å². The van der Waals surface area contributed by atoms with Gasteiger partial charge in [-0.2, -0.15) is 0 Å². The minimum atomic E-state index is -0.182. The van der Waals surface area contributed by atoms with Gasteiger partial charge in [-0.25, -0.2) is 4.39 Å². The maximum absolute atomic E-state index is 12.6. The van der Waals surface area contributed by atoms with Gasteiger partial charge in [-0.3, -0.25) is 0 Å². The molecular formula is C11H13FOS. The molecule has 2 rings (SSSR count). The van der Waals surface area contributed by atoms with Gasteiger partial charge in [0, 0.05) is 11.5 Å². The zero-order chi connectivity index (χ0) is 9.80. The lowest BCUT2D eigenvalue weighted by atomic mass is 10.2. The van der Waals surface area contributed by atoms with Crippen LogP contribution >= 0.6 is 11.8 Å². The van der Waals surface area contributed by atoms with Crippen molar-refractivity contribution in [1.29, 1.82) is 0 Å². The molecule has 0 bridgehead atoms. The average Bonchev–Trinajstić information content (AvgIpc) is 2.23. The van der Waals surface area contributed by atoms with Crippen molar-refractivity contribution < 1.29 is 9.13 Å². The van der Waals surface area contributed by atoms with Crippen LogP contribution < -0.4 is 0 Å². The molecule has 1 unspecified atom stereocenters. The highest BCUT2D eigenvalue weighted by Gasteiger charge is 2.14.